The van der Waals surface area contributed by atoms with Crippen LogP contribution in [0, 0.1) is 0 Å². The fourth-order valence-electron chi connectivity index (χ4n) is 2.45. The average molecular weight is 404 g/mol. The number of amides is 1. The summed E-state index contributed by atoms with van der Waals surface area (Å²) in [6, 6.07) is 13.3. The second-order valence-corrected chi connectivity index (χ2v) is 8.11. The average Bonchev–Trinajstić information content (AvgIpc) is 2.72. The van der Waals surface area contributed by atoms with Crippen molar-refractivity contribution in [3.63, 3.8) is 0 Å². The van der Waals surface area contributed by atoms with Crippen molar-refractivity contribution >= 4 is 21.9 Å². The highest BCUT2D eigenvalue weighted by Crippen LogP contribution is 2.11. The molecule has 0 radical (unpaired) electrons. The lowest BCUT2D eigenvalue weighted by atomic mass is 10.1. The van der Waals surface area contributed by atoms with E-state index in [1.54, 1.807) is 7.05 Å². The number of hydrogen-bond donors (Lipinski definition) is 1. The lowest BCUT2D eigenvalue weighted by Crippen LogP contribution is -2.30. The zero-order valence-corrected chi connectivity index (χ0v) is 17.0. The summed E-state index contributed by atoms with van der Waals surface area (Å²) in [6.07, 6.45) is 0.951. The Morgan fingerprint density at radius 1 is 1.00 bits per heavy atom. The zero-order valence-electron chi connectivity index (χ0n) is 16.1. The number of aryl methyl sites for hydroxylation is 1. The van der Waals surface area contributed by atoms with Gasteiger partial charge in [0.2, 0.25) is 10.0 Å². The molecule has 0 aliphatic carbocycles. The molecule has 2 aromatic rings. The third-order valence-electron chi connectivity index (χ3n) is 4.27. The van der Waals surface area contributed by atoms with Gasteiger partial charge < -0.3 is 9.64 Å². The quantitative estimate of drug-likeness (QED) is 0.679. The Balaban J connectivity index is 1.89. The molecule has 150 valence electrons. The first-order chi connectivity index (χ1) is 13.3. The molecule has 0 aliphatic heterocycles. The van der Waals surface area contributed by atoms with Crippen LogP contribution in [0.5, 0.6) is 0 Å². The number of likely N-dealkylation sites (N-methyl/N-ethyl adjacent to an activating group) is 1. The number of carbonyl (C=O) groups is 2. The Bertz CT molecular complexity index is 922. The van der Waals surface area contributed by atoms with Crippen molar-refractivity contribution in [3.8, 4) is 0 Å². The van der Waals surface area contributed by atoms with Crippen LogP contribution in [-0.2, 0) is 32.5 Å². The third-order valence-corrected chi connectivity index (χ3v) is 5.70. The fourth-order valence-corrected chi connectivity index (χ4v) is 3.18. The molecule has 0 aliphatic rings. The number of nitrogens with zero attached hydrogens (tertiary/aromatic N) is 1. The summed E-state index contributed by atoms with van der Waals surface area (Å²) >= 11 is 0. The molecule has 2 aromatic carbocycles. The van der Waals surface area contributed by atoms with Gasteiger partial charge in [-0.3, -0.25) is 4.79 Å². The molecule has 0 bridgehead atoms. The highest BCUT2D eigenvalue weighted by Gasteiger charge is 2.16. The number of sulfonamides is 1. The van der Waals surface area contributed by atoms with E-state index in [0.29, 0.717) is 6.54 Å². The molecule has 8 heteroatoms. The molecule has 0 saturated heterocycles. The van der Waals surface area contributed by atoms with Crippen LogP contribution in [0.4, 0.5) is 0 Å². The standard InChI is InChI=1S/C20H24N2O5S/c1-4-15-5-7-16(8-6-15)13-22(3)19(23)14-27-20(24)17-9-11-18(12-10-17)28(25,26)21-2/h5-12,21H,4,13-14H2,1-3H3. The first kappa shape index (κ1) is 21.6. The number of rotatable bonds is 8. The molecule has 0 aromatic heterocycles. The van der Waals surface area contributed by atoms with Gasteiger partial charge in [0.1, 0.15) is 0 Å². The van der Waals surface area contributed by atoms with E-state index in [2.05, 4.69) is 11.6 Å². The maximum Gasteiger partial charge on any atom is 0.338 e. The first-order valence-electron chi connectivity index (χ1n) is 8.79. The van der Waals surface area contributed by atoms with Crippen molar-refractivity contribution in [3.05, 3.63) is 65.2 Å². The van der Waals surface area contributed by atoms with Crippen molar-refractivity contribution in [2.24, 2.45) is 0 Å². The molecule has 0 unspecified atom stereocenters. The number of hydrogen-bond acceptors (Lipinski definition) is 5. The van der Waals surface area contributed by atoms with Crippen LogP contribution >= 0.6 is 0 Å². The van der Waals surface area contributed by atoms with Gasteiger partial charge >= 0.3 is 5.97 Å². The molecule has 2 rings (SSSR count). The molecule has 7 nitrogen and oxygen atoms in total. The zero-order chi connectivity index (χ0) is 20.7. The van der Waals surface area contributed by atoms with Gasteiger partial charge in [0.05, 0.1) is 10.5 Å². The second-order valence-electron chi connectivity index (χ2n) is 6.23. The van der Waals surface area contributed by atoms with Gasteiger partial charge in [-0.2, -0.15) is 0 Å². The summed E-state index contributed by atoms with van der Waals surface area (Å²) < 4.78 is 30.6. The topological polar surface area (TPSA) is 92.8 Å². The lowest BCUT2D eigenvalue weighted by molar-refractivity contribution is -0.133. The van der Waals surface area contributed by atoms with E-state index in [1.165, 1.54) is 41.8 Å². The van der Waals surface area contributed by atoms with Crippen molar-refractivity contribution < 1.29 is 22.7 Å². The minimum atomic E-state index is -3.57. The van der Waals surface area contributed by atoms with Gasteiger partial charge in [-0.1, -0.05) is 31.2 Å². The molecular weight excluding hydrogens is 380 g/mol. The molecular formula is C20H24N2O5S. The number of ether oxygens (including phenoxy) is 1. The fraction of sp³-hybridized carbons (Fsp3) is 0.300. The lowest BCUT2D eigenvalue weighted by Gasteiger charge is -2.17. The minimum Gasteiger partial charge on any atom is -0.452 e. The minimum absolute atomic E-state index is 0.0384. The van der Waals surface area contributed by atoms with Crippen LogP contribution in [0.15, 0.2) is 53.4 Å². The molecule has 0 heterocycles. The molecule has 1 amide bonds. The van der Waals surface area contributed by atoms with Crippen molar-refractivity contribution in [1.82, 2.24) is 9.62 Å². The maximum absolute atomic E-state index is 12.2. The Hall–Kier alpha value is -2.71. The molecule has 28 heavy (non-hydrogen) atoms. The van der Waals surface area contributed by atoms with Crippen molar-refractivity contribution in [1.29, 1.82) is 0 Å². The Kier molecular flexibility index (Phi) is 7.31. The largest absolute Gasteiger partial charge is 0.452 e. The molecule has 0 spiro atoms. The summed E-state index contributed by atoms with van der Waals surface area (Å²) in [7, 11) is -0.631. The van der Waals surface area contributed by atoms with E-state index < -0.39 is 16.0 Å². The Morgan fingerprint density at radius 3 is 2.11 bits per heavy atom. The summed E-state index contributed by atoms with van der Waals surface area (Å²) in [5.41, 5.74) is 2.38. The number of esters is 1. The summed E-state index contributed by atoms with van der Waals surface area (Å²) in [5.74, 6) is -1.02. The van der Waals surface area contributed by atoms with Gasteiger partial charge in [0.25, 0.3) is 5.91 Å². The predicted octanol–water partition coefficient (Wildman–Crippen LogP) is 1.97. The summed E-state index contributed by atoms with van der Waals surface area (Å²) in [5, 5.41) is 0. The van der Waals surface area contributed by atoms with E-state index in [-0.39, 0.29) is 23.0 Å². The second kappa shape index (κ2) is 9.48. The number of benzene rings is 2. The Morgan fingerprint density at radius 2 is 1.57 bits per heavy atom. The van der Waals surface area contributed by atoms with Gasteiger partial charge in [0, 0.05) is 13.6 Å². The molecule has 0 fully saturated rings. The van der Waals surface area contributed by atoms with Gasteiger partial charge in [-0.15, -0.1) is 0 Å². The van der Waals surface area contributed by atoms with Crippen molar-refractivity contribution in [2.75, 3.05) is 20.7 Å². The van der Waals surface area contributed by atoms with Gasteiger partial charge in [0.15, 0.2) is 6.61 Å². The molecule has 0 saturated carbocycles. The summed E-state index contributed by atoms with van der Waals surface area (Å²) in [4.78, 5) is 25.8. The van der Waals surface area contributed by atoms with Crippen LogP contribution in [-0.4, -0.2) is 45.9 Å². The predicted molar refractivity (Wildman–Crippen MR) is 105 cm³/mol. The molecule has 1 N–H and O–H groups in total. The van der Waals surface area contributed by atoms with Crippen LogP contribution < -0.4 is 4.72 Å². The number of nitrogens with one attached hydrogen (secondary N) is 1. The van der Waals surface area contributed by atoms with Crippen molar-refractivity contribution in [2.45, 2.75) is 24.8 Å². The first-order valence-corrected chi connectivity index (χ1v) is 10.3. The smallest absolute Gasteiger partial charge is 0.338 e. The van der Waals surface area contributed by atoms with E-state index in [9.17, 15) is 18.0 Å². The van der Waals surface area contributed by atoms with Crippen LogP contribution in [0.2, 0.25) is 0 Å². The summed E-state index contributed by atoms with van der Waals surface area (Å²) in [6.45, 7) is 2.10. The monoisotopic (exact) mass is 404 g/mol. The van der Waals surface area contributed by atoms with Gasteiger partial charge in [-0.25, -0.2) is 17.9 Å². The van der Waals surface area contributed by atoms with Gasteiger partial charge in [-0.05, 0) is 48.9 Å². The normalized spacial score (nSPS) is 11.1. The van der Waals surface area contributed by atoms with Crippen LogP contribution in [0.25, 0.3) is 0 Å². The van der Waals surface area contributed by atoms with E-state index in [1.807, 2.05) is 24.3 Å². The third kappa shape index (κ3) is 5.64. The van der Waals surface area contributed by atoms with Crippen LogP contribution in [0.1, 0.15) is 28.4 Å². The highest BCUT2D eigenvalue weighted by atomic mass is 32.2. The number of carbonyl (C=O) groups excluding carboxylic acids is 2. The van der Waals surface area contributed by atoms with E-state index in [4.69, 9.17) is 4.74 Å². The maximum atomic E-state index is 12.2. The van der Waals surface area contributed by atoms with E-state index in [0.717, 1.165) is 12.0 Å². The SMILES string of the molecule is CCc1ccc(CN(C)C(=O)COC(=O)c2ccc(S(=O)(=O)NC)cc2)cc1. The van der Waals surface area contributed by atoms with Crippen LogP contribution in [0.3, 0.4) is 0 Å². The Labute approximate surface area is 165 Å². The molecule has 0 atom stereocenters. The highest BCUT2D eigenvalue weighted by molar-refractivity contribution is 7.89. The van der Waals surface area contributed by atoms with E-state index >= 15 is 0 Å².